The van der Waals surface area contributed by atoms with Gasteiger partial charge in [0.1, 0.15) is 0 Å². The van der Waals surface area contributed by atoms with Gasteiger partial charge in [-0.25, -0.2) is 0 Å². The molecule has 3 nitrogen and oxygen atoms in total. The number of ether oxygens (including phenoxy) is 1. The molecule has 1 aliphatic rings. The van der Waals surface area contributed by atoms with E-state index in [4.69, 9.17) is 4.74 Å². The second-order valence-corrected chi connectivity index (χ2v) is 6.29. The molecule has 1 fully saturated rings. The first-order chi connectivity index (χ1) is 10.2. The first-order valence-electron chi connectivity index (χ1n) is 8.13. The zero-order valence-corrected chi connectivity index (χ0v) is 13.2. The number of morpholine rings is 1. The van der Waals surface area contributed by atoms with Crippen LogP contribution in [0.15, 0.2) is 30.5 Å². The predicted molar refractivity (Wildman–Crippen MR) is 87.9 cm³/mol. The normalized spacial score (nSPS) is 16.9. The quantitative estimate of drug-likeness (QED) is 0.837. The molecule has 1 aliphatic heterocycles. The van der Waals surface area contributed by atoms with Crippen molar-refractivity contribution in [3.8, 4) is 0 Å². The highest BCUT2D eigenvalue weighted by molar-refractivity contribution is 5.81. The maximum atomic E-state index is 5.39. The highest BCUT2D eigenvalue weighted by Crippen LogP contribution is 2.22. The Kier molecular flexibility index (Phi) is 4.61. The van der Waals surface area contributed by atoms with Gasteiger partial charge in [0.05, 0.1) is 13.2 Å². The van der Waals surface area contributed by atoms with Crippen LogP contribution < -0.4 is 0 Å². The van der Waals surface area contributed by atoms with Gasteiger partial charge in [0.25, 0.3) is 0 Å². The van der Waals surface area contributed by atoms with Crippen LogP contribution in [-0.2, 0) is 11.3 Å². The average molecular weight is 286 g/mol. The molecule has 0 aliphatic carbocycles. The van der Waals surface area contributed by atoms with E-state index in [2.05, 4.69) is 53.8 Å². The fourth-order valence-electron chi connectivity index (χ4n) is 3.06. The van der Waals surface area contributed by atoms with Gasteiger partial charge < -0.3 is 9.30 Å². The van der Waals surface area contributed by atoms with E-state index in [-0.39, 0.29) is 0 Å². The fourth-order valence-corrected chi connectivity index (χ4v) is 3.06. The van der Waals surface area contributed by atoms with Gasteiger partial charge in [-0.1, -0.05) is 19.9 Å². The molecule has 3 heteroatoms. The Balaban J connectivity index is 1.61. The van der Waals surface area contributed by atoms with Crippen LogP contribution in [0.4, 0.5) is 0 Å². The number of nitrogens with zero attached hydrogens (tertiary/aromatic N) is 2. The Morgan fingerprint density at radius 1 is 1.10 bits per heavy atom. The number of fused-ring (bicyclic) bond motifs is 1. The molecular formula is C18H26N2O. The third kappa shape index (κ3) is 3.47. The number of aromatic nitrogens is 1. The molecule has 0 N–H and O–H groups in total. The Hall–Kier alpha value is -1.32. The summed E-state index contributed by atoms with van der Waals surface area (Å²) in [6, 6.07) is 9.12. The SMILES string of the molecule is CC(C)c1ccc2c(ccn2CCCN2CCOCC2)c1. The van der Waals surface area contributed by atoms with Crippen molar-refractivity contribution >= 4 is 10.9 Å². The molecule has 1 saturated heterocycles. The molecule has 21 heavy (non-hydrogen) atoms. The van der Waals surface area contributed by atoms with Gasteiger partial charge >= 0.3 is 0 Å². The minimum atomic E-state index is 0.596. The van der Waals surface area contributed by atoms with Gasteiger partial charge in [-0.3, -0.25) is 4.90 Å². The lowest BCUT2D eigenvalue weighted by Gasteiger charge is -2.26. The fraction of sp³-hybridized carbons (Fsp3) is 0.556. The average Bonchev–Trinajstić information content (AvgIpc) is 2.91. The lowest BCUT2D eigenvalue weighted by molar-refractivity contribution is 0.0370. The molecule has 0 saturated carbocycles. The van der Waals surface area contributed by atoms with Crippen LogP contribution in [0.5, 0.6) is 0 Å². The largest absolute Gasteiger partial charge is 0.379 e. The van der Waals surface area contributed by atoms with Gasteiger partial charge in [0, 0.05) is 37.9 Å². The van der Waals surface area contributed by atoms with Crippen molar-refractivity contribution in [2.45, 2.75) is 32.7 Å². The third-order valence-electron chi connectivity index (χ3n) is 4.44. The number of benzene rings is 1. The lowest BCUT2D eigenvalue weighted by atomic mass is 10.0. The van der Waals surface area contributed by atoms with Gasteiger partial charge in [-0.05, 0) is 41.5 Å². The van der Waals surface area contributed by atoms with Gasteiger partial charge in [0.15, 0.2) is 0 Å². The van der Waals surface area contributed by atoms with E-state index in [1.807, 2.05) is 0 Å². The monoisotopic (exact) mass is 286 g/mol. The Morgan fingerprint density at radius 2 is 1.90 bits per heavy atom. The molecule has 0 unspecified atom stereocenters. The van der Waals surface area contributed by atoms with Crippen molar-refractivity contribution in [3.63, 3.8) is 0 Å². The molecule has 114 valence electrons. The summed E-state index contributed by atoms with van der Waals surface area (Å²) >= 11 is 0. The van der Waals surface area contributed by atoms with E-state index in [1.54, 1.807) is 0 Å². The molecule has 1 aromatic heterocycles. The first-order valence-corrected chi connectivity index (χ1v) is 8.13. The van der Waals surface area contributed by atoms with E-state index in [0.717, 1.165) is 32.8 Å². The Morgan fingerprint density at radius 3 is 2.67 bits per heavy atom. The van der Waals surface area contributed by atoms with Crippen molar-refractivity contribution in [1.82, 2.24) is 9.47 Å². The van der Waals surface area contributed by atoms with Crippen LogP contribution >= 0.6 is 0 Å². The molecule has 2 heterocycles. The maximum absolute atomic E-state index is 5.39. The second kappa shape index (κ2) is 6.63. The molecule has 2 aromatic rings. The van der Waals surface area contributed by atoms with Crippen LogP contribution in [0.1, 0.15) is 31.7 Å². The first kappa shape index (κ1) is 14.6. The molecule has 3 rings (SSSR count). The summed E-state index contributed by atoms with van der Waals surface area (Å²) in [5, 5.41) is 1.37. The van der Waals surface area contributed by atoms with Crippen molar-refractivity contribution in [3.05, 3.63) is 36.0 Å². The van der Waals surface area contributed by atoms with Crippen molar-refractivity contribution < 1.29 is 4.74 Å². The Bertz CT molecular complexity index is 582. The summed E-state index contributed by atoms with van der Waals surface area (Å²) in [4.78, 5) is 2.51. The van der Waals surface area contributed by atoms with E-state index in [9.17, 15) is 0 Å². The summed E-state index contributed by atoms with van der Waals surface area (Å²) in [6.45, 7) is 10.7. The summed E-state index contributed by atoms with van der Waals surface area (Å²) in [6.07, 6.45) is 3.43. The molecule has 1 aromatic carbocycles. The van der Waals surface area contributed by atoms with Crippen LogP contribution in [0.25, 0.3) is 10.9 Å². The summed E-state index contributed by atoms with van der Waals surface area (Å²) in [7, 11) is 0. The Labute approximate surface area is 127 Å². The molecule has 0 bridgehead atoms. The highest BCUT2D eigenvalue weighted by Gasteiger charge is 2.10. The van der Waals surface area contributed by atoms with Crippen LogP contribution in [0.2, 0.25) is 0 Å². The number of rotatable bonds is 5. The molecule has 0 spiro atoms. The maximum Gasteiger partial charge on any atom is 0.0594 e. The van der Waals surface area contributed by atoms with Crippen LogP contribution in [0.3, 0.4) is 0 Å². The minimum Gasteiger partial charge on any atom is -0.379 e. The smallest absolute Gasteiger partial charge is 0.0594 e. The van der Waals surface area contributed by atoms with Crippen molar-refractivity contribution in [2.24, 2.45) is 0 Å². The van der Waals surface area contributed by atoms with E-state index in [0.29, 0.717) is 5.92 Å². The van der Waals surface area contributed by atoms with Crippen LogP contribution in [-0.4, -0.2) is 42.3 Å². The standard InChI is InChI=1S/C18H26N2O/c1-15(2)16-4-5-18-17(14-16)6-9-20(18)8-3-7-19-10-12-21-13-11-19/h4-6,9,14-15H,3,7-8,10-13H2,1-2H3. The van der Waals surface area contributed by atoms with Gasteiger partial charge in [-0.15, -0.1) is 0 Å². The van der Waals surface area contributed by atoms with Crippen molar-refractivity contribution in [2.75, 3.05) is 32.8 Å². The van der Waals surface area contributed by atoms with E-state index < -0.39 is 0 Å². The zero-order chi connectivity index (χ0) is 14.7. The summed E-state index contributed by atoms with van der Waals surface area (Å²) in [5.74, 6) is 0.596. The van der Waals surface area contributed by atoms with E-state index in [1.165, 1.54) is 29.4 Å². The van der Waals surface area contributed by atoms with Gasteiger partial charge in [0.2, 0.25) is 0 Å². The molecule has 0 atom stereocenters. The van der Waals surface area contributed by atoms with Crippen molar-refractivity contribution in [1.29, 1.82) is 0 Å². The highest BCUT2D eigenvalue weighted by atomic mass is 16.5. The zero-order valence-electron chi connectivity index (χ0n) is 13.2. The second-order valence-electron chi connectivity index (χ2n) is 6.29. The van der Waals surface area contributed by atoms with Crippen LogP contribution in [0, 0.1) is 0 Å². The lowest BCUT2D eigenvalue weighted by Crippen LogP contribution is -2.37. The third-order valence-corrected chi connectivity index (χ3v) is 4.44. The minimum absolute atomic E-state index is 0.596. The number of hydrogen-bond acceptors (Lipinski definition) is 2. The van der Waals surface area contributed by atoms with E-state index >= 15 is 0 Å². The topological polar surface area (TPSA) is 17.4 Å². The van der Waals surface area contributed by atoms with Gasteiger partial charge in [-0.2, -0.15) is 0 Å². The molecular weight excluding hydrogens is 260 g/mol. The molecule has 0 amide bonds. The predicted octanol–water partition coefficient (Wildman–Crippen LogP) is 3.49. The number of hydrogen-bond donors (Lipinski definition) is 0. The molecule has 0 radical (unpaired) electrons. The summed E-state index contributed by atoms with van der Waals surface area (Å²) < 4.78 is 7.78. The summed E-state index contributed by atoms with van der Waals surface area (Å²) in [5.41, 5.74) is 2.79. The number of aryl methyl sites for hydroxylation is 1.